The minimum Gasteiger partial charge on any atom is -0.350 e. The van der Waals surface area contributed by atoms with Gasteiger partial charge in [0.1, 0.15) is 0 Å². The molecular weight excluding hydrogens is 268 g/mol. The third-order valence-corrected chi connectivity index (χ3v) is 4.26. The van der Waals surface area contributed by atoms with Crippen LogP contribution in [0.4, 0.5) is 0 Å². The average Bonchev–Trinajstić information content (AvgIpc) is 2.45. The number of nitrogens with one attached hydrogen (secondary N) is 1. The van der Waals surface area contributed by atoms with Gasteiger partial charge < -0.3 is 11.1 Å². The third kappa shape index (κ3) is 5.97. The Morgan fingerprint density at radius 1 is 1.25 bits per heavy atom. The van der Waals surface area contributed by atoms with Crippen molar-refractivity contribution in [1.29, 1.82) is 0 Å². The van der Waals surface area contributed by atoms with Crippen molar-refractivity contribution in [3.8, 4) is 0 Å². The zero-order valence-electron chi connectivity index (χ0n) is 12.7. The molecule has 0 spiro atoms. The van der Waals surface area contributed by atoms with E-state index in [-0.39, 0.29) is 11.9 Å². The summed E-state index contributed by atoms with van der Waals surface area (Å²) in [6.07, 6.45) is 4.53. The molecule has 0 radical (unpaired) electrons. The fourth-order valence-corrected chi connectivity index (χ4v) is 2.50. The van der Waals surface area contributed by atoms with Gasteiger partial charge >= 0.3 is 0 Å². The molecule has 1 aromatic rings. The summed E-state index contributed by atoms with van der Waals surface area (Å²) in [6, 6.07) is 8.39. The van der Waals surface area contributed by atoms with Gasteiger partial charge in [0.15, 0.2) is 0 Å². The summed E-state index contributed by atoms with van der Waals surface area (Å²) in [5.41, 5.74) is 6.66. The Bertz CT molecular complexity index is 405. The van der Waals surface area contributed by atoms with Crippen molar-refractivity contribution >= 4 is 17.7 Å². The molecule has 4 heteroatoms. The first kappa shape index (κ1) is 17.1. The van der Waals surface area contributed by atoms with Gasteiger partial charge in [-0.2, -0.15) is 0 Å². The Labute approximate surface area is 126 Å². The quantitative estimate of drug-likeness (QED) is 0.723. The van der Waals surface area contributed by atoms with E-state index in [1.54, 1.807) is 11.8 Å². The summed E-state index contributed by atoms with van der Waals surface area (Å²) in [5.74, 6) is 0.636. The zero-order chi connectivity index (χ0) is 15.0. The first-order chi connectivity index (χ1) is 9.56. The van der Waals surface area contributed by atoms with E-state index in [0.717, 1.165) is 18.4 Å². The highest BCUT2D eigenvalue weighted by Crippen LogP contribution is 2.19. The second-order valence-corrected chi connectivity index (χ2v) is 6.16. The highest BCUT2D eigenvalue weighted by atomic mass is 32.2. The molecule has 1 rings (SSSR count). The molecule has 1 amide bonds. The van der Waals surface area contributed by atoms with Crippen molar-refractivity contribution in [3.63, 3.8) is 0 Å². The van der Waals surface area contributed by atoms with Crippen LogP contribution >= 0.6 is 11.8 Å². The minimum absolute atomic E-state index is 0.0585. The molecule has 2 atom stereocenters. The smallest absolute Gasteiger partial charge is 0.220 e. The third-order valence-electron chi connectivity index (χ3n) is 3.52. The maximum absolute atomic E-state index is 11.9. The molecule has 0 heterocycles. The van der Waals surface area contributed by atoms with Crippen LogP contribution in [0, 0.1) is 5.92 Å². The van der Waals surface area contributed by atoms with Crippen molar-refractivity contribution in [1.82, 2.24) is 5.32 Å². The van der Waals surface area contributed by atoms with Crippen LogP contribution < -0.4 is 11.1 Å². The SMILES string of the molecule is CSc1ccc(C(C)NC(=O)CCC(C)CCN)cc1. The second kappa shape index (κ2) is 9.03. The summed E-state index contributed by atoms with van der Waals surface area (Å²) in [7, 11) is 0. The zero-order valence-corrected chi connectivity index (χ0v) is 13.5. The number of nitrogens with two attached hydrogens (primary N) is 1. The van der Waals surface area contributed by atoms with Crippen molar-refractivity contribution in [2.45, 2.75) is 44.0 Å². The molecule has 0 saturated heterocycles. The van der Waals surface area contributed by atoms with E-state index < -0.39 is 0 Å². The molecule has 1 aromatic carbocycles. The van der Waals surface area contributed by atoms with E-state index in [0.29, 0.717) is 18.9 Å². The summed E-state index contributed by atoms with van der Waals surface area (Å²) >= 11 is 1.72. The monoisotopic (exact) mass is 294 g/mol. The van der Waals surface area contributed by atoms with E-state index in [4.69, 9.17) is 5.73 Å². The summed E-state index contributed by atoms with van der Waals surface area (Å²) in [6.45, 7) is 4.86. The number of carbonyl (C=O) groups excluding carboxylic acids is 1. The lowest BCUT2D eigenvalue weighted by Gasteiger charge is -2.16. The van der Waals surface area contributed by atoms with E-state index in [1.807, 2.05) is 6.92 Å². The van der Waals surface area contributed by atoms with Crippen LogP contribution in [0.15, 0.2) is 29.2 Å². The number of thioether (sulfide) groups is 1. The van der Waals surface area contributed by atoms with Crippen LogP contribution in [0.5, 0.6) is 0 Å². The maximum Gasteiger partial charge on any atom is 0.220 e. The molecule has 3 nitrogen and oxygen atoms in total. The Kier molecular flexibility index (Phi) is 7.70. The summed E-state index contributed by atoms with van der Waals surface area (Å²) < 4.78 is 0. The summed E-state index contributed by atoms with van der Waals surface area (Å²) in [4.78, 5) is 13.2. The molecule has 0 aliphatic carbocycles. The molecule has 0 aliphatic rings. The number of amides is 1. The molecule has 0 bridgehead atoms. The Morgan fingerprint density at radius 2 is 1.90 bits per heavy atom. The number of hydrogen-bond acceptors (Lipinski definition) is 3. The standard InChI is InChI=1S/C16H26N2OS/c1-12(10-11-17)4-9-16(19)18-13(2)14-5-7-15(20-3)8-6-14/h5-8,12-13H,4,9-11,17H2,1-3H3,(H,18,19). The molecule has 20 heavy (non-hydrogen) atoms. The lowest BCUT2D eigenvalue weighted by molar-refractivity contribution is -0.122. The topological polar surface area (TPSA) is 55.1 Å². The van der Waals surface area contributed by atoms with Crippen molar-refractivity contribution in [2.24, 2.45) is 11.7 Å². The fourth-order valence-electron chi connectivity index (χ4n) is 2.10. The first-order valence-electron chi connectivity index (χ1n) is 7.20. The van der Waals surface area contributed by atoms with Crippen molar-refractivity contribution in [3.05, 3.63) is 29.8 Å². The number of benzene rings is 1. The largest absolute Gasteiger partial charge is 0.350 e. The lowest BCUT2D eigenvalue weighted by Crippen LogP contribution is -2.26. The first-order valence-corrected chi connectivity index (χ1v) is 8.42. The highest BCUT2D eigenvalue weighted by molar-refractivity contribution is 7.98. The highest BCUT2D eigenvalue weighted by Gasteiger charge is 2.11. The predicted octanol–water partition coefficient (Wildman–Crippen LogP) is 3.35. The van der Waals surface area contributed by atoms with E-state index in [2.05, 4.69) is 42.8 Å². The molecule has 3 N–H and O–H groups in total. The van der Waals surface area contributed by atoms with Crippen LogP contribution in [0.2, 0.25) is 0 Å². The minimum atomic E-state index is 0.0585. The fraction of sp³-hybridized carbons (Fsp3) is 0.562. The average molecular weight is 294 g/mol. The molecular formula is C16H26N2OS. The van der Waals surface area contributed by atoms with Crippen molar-refractivity contribution in [2.75, 3.05) is 12.8 Å². The molecule has 2 unspecified atom stereocenters. The lowest BCUT2D eigenvalue weighted by atomic mass is 10.0. The molecule has 112 valence electrons. The van der Waals surface area contributed by atoms with Gasteiger partial charge in [-0.3, -0.25) is 4.79 Å². The number of carbonyl (C=O) groups is 1. The Morgan fingerprint density at radius 3 is 2.45 bits per heavy atom. The van der Waals surface area contributed by atoms with Gasteiger partial charge in [0, 0.05) is 11.3 Å². The van der Waals surface area contributed by atoms with Crippen LogP contribution in [0.1, 0.15) is 44.7 Å². The second-order valence-electron chi connectivity index (χ2n) is 5.28. The van der Waals surface area contributed by atoms with E-state index in [1.165, 1.54) is 4.90 Å². The molecule has 0 aliphatic heterocycles. The van der Waals surface area contributed by atoms with Gasteiger partial charge in [-0.05, 0) is 56.2 Å². The maximum atomic E-state index is 11.9. The van der Waals surface area contributed by atoms with Gasteiger partial charge in [0.25, 0.3) is 0 Å². The molecule has 0 saturated carbocycles. The van der Waals surface area contributed by atoms with Crippen LogP contribution in [0.25, 0.3) is 0 Å². The molecule has 0 aromatic heterocycles. The Hall–Kier alpha value is -1.00. The van der Waals surface area contributed by atoms with E-state index in [9.17, 15) is 4.79 Å². The summed E-state index contributed by atoms with van der Waals surface area (Å²) in [5, 5.41) is 3.05. The van der Waals surface area contributed by atoms with Crippen molar-refractivity contribution < 1.29 is 4.79 Å². The van der Waals surface area contributed by atoms with Gasteiger partial charge in [-0.1, -0.05) is 19.1 Å². The predicted molar refractivity (Wildman–Crippen MR) is 86.9 cm³/mol. The Balaban J connectivity index is 2.40. The van der Waals surface area contributed by atoms with E-state index >= 15 is 0 Å². The number of hydrogen-bond donors (Lipinski definition) is 2. The van der Waals surface area contributed by atoms with Crippen LogP contribution in [-0.2, 0) is 4.79 Å². The number of rotatable bonds is 8. The molecule has 0 fully saturated rings. The van der Waals surface area contributed by atoms with Gasteiger partial charge in [0.05, 0.1) is 6.04 Å². The van der Waals surface area contributed by atoms with Gasteiger partial charge in [-0.15, -0.1) is 11.8 Å². The normalized spacial score (nSPS) is 13.8. The van der Waals surface area contributed by atoms with Crippen LogP contribution in [0.3, 0.4) is 0 Å². The van der Waals surface area contributed by atoms with Gasteiger partial charge in [-0.25, -0.2) is 0 Å². The van der Waals surface area contributed by atoms with Gasteiger partial charge in [0.2, 0.25) is 5.91 Å². The van der Waals surface area contributed by atoms with Crippen LogP contribution in [-0.4, -0.2) is 18.7 Å².